The molecule has 7 heteroatoms. The molecular weight excluding hydrogens is 330 g/mol. The maximum atomic E-state index is 10.7. The number of hydrogen-bond donors (Lipinski definition) is 1. The number of nitro groups is 1. The number of guanidine groups is 1. The van der Waals surface area contributed by atoms with Crippen LogP contribution in [0, 0.1) is 10.1 Å². The molecule has 1 N–H and O–H groups in total. The second-order valence-corrected chi connectivity index (χ2v) is 6.13. The van der Waals surface area contributed by atoms with Gasteiger partial charge in [0.05, 0.1) is 4.92 Å². The van der Waals surface area contributed by atoms with Crippen molar-refractivity contribution in [3.05, 3.63) is 70.3 Å². The molecule has 0 aliphatic carbocycles. The lowest BCUT2D eigenvalue weighted by molar-refractivity contribution is -0.384. The van der Waals surface area contributed by atoms with Gasteiger partial charge in [-0.25, -0.2) is 0 Å². The van der Waals surface area contributed by atoms with Crippen molar-refractivity contribution >= 4 is 17.3 Å². The minimum Gasteiger partial charge on any atom is -0.368 e. The van der Waals surface area contributed by atoms with Crippen molar-refractivity contribution in [2.45, 2.75) is 6.54 Å². The summed E-state index contributed by atoms with van der Waals surface area (Å²) in [6, 6.07) is 17.0. The second kappa shape index (κ2) is 8.33. The third kappa shape index (κ3) is 4.30. The fourth-order valence-electron chi connectivity index (χ4n) is 3.06. The van der Waals surface area contributed by atoms with Crippen molar-refractivity contribution < 1.29 is 4.92 Å². The Balaban J connectivity index is 1.53. The Morgan fingerprint density at radius 3 is 2.31 bits per heavy atom. The van der Waals surface area contributed by atoms with Gasteiger partial charge < -0.3 is 15.1 Å². The molecule has 7 nitrogen and oxygen atoms in total. The molecule has 2 aromatic rings. The second-order valence-electron chi connectivity index (χ2n) is 6.13. The molecule has 1 aliphatic rings. The molecule has 2 aromatic carbocycles. The first-order valence-corrected chi connectivity index (χ1v) is 8.66. The van der Waals surface area contributed by atoms with Crippen LogP contribution in [-0.2, 0) is 6.54 Å². The Bertz CT molecular complexity index is 753. The van der Waals surface area contributed by atoms with Gasteiger partial charge in [-0.2, -0.15) is 0 Å². The van der Waals surface area contributed by atoms with Gasteiger partial charge in [-0.15, -0.1) is 0 Å². The third-order valence-electron chi connectivity index (χ3n) is 4.51. The predicted octanol–water partition coefficient (Wildman–Crippen LogP) is 2.49. The summed E-state index contributed by atoms with van der Waals surface area (Å²) in [6.45, 7) is 4.28. The highest BCUT2D eigenvalue weighted by Crippen LogP contribution is 2.16. The van der Waals surface area contributed by atoms with E-state index < -0.39 is 0 Å². The van der Waals surface area contributed by atoms with E-state index in [2.05, 4.69) is 44.4 Å². The van der Waals surface area contributed by atoms with Crippen molar-refractivity contribution in [3.63, 3.8) is 0 Å². The van der Waals surface area contributed by atoms with Crippen LogP contribution in [0.4, 0.5) is 11.4 Å². The van der Waals surface area contributed by atoms with Crippen LogP contribution >= 0.6 is 0 Å². The van der Waals surface area contributed by atoms with Gasteiger partial charge in [-0.1, -0.05) is 30.3 Å². The minimum atomic E-state index is -0.387. The van der Waals surface area contributed by atoms with E-state index in [4.69, 9.17) is 0 Å². The van der Waals surface area contributed by atoms with Crippen LogP contribution < -0.4 is 10.2 Å². The average Bonchev–Trinajstić information content (AvgIpc) is 2.70. The number of non-ortho nitro benzene ring substituents is 1. The number of nitro benzene ring substituents is 1. The number of nitrogens with one attached hydrogen (secondary N) is 1. The zero-order valence-corrected chi connectivity index (χ0v) is 14.8. The van der Waals surface area contributed by atoms with Crippen molar-refractivity contribution in [2.24, 2.45) is 4.99 Å². The summed E-state index contributed by atoms with van der Waals surface area (Å²) in [6.07, 6.45) is 0. The van der Waals surface area contributed by atoms with E-state index in [0.29, 0.717) is 6.54 Å². The number of anilines is 1. The van der Waals surface area contributed by atoms with Gasteiger partial charge in [-0.3, -0.25) is 15.1 Å². The zero-order valence-electron chi connectivity index (χ0n) is 14.8. The monoisotopic (exact) mass is 353 g/mol. The van der Waals surface area contributed by atoms with Crippen LogP contribution in [0.1, 0.15) is 5.56 Å². The van der Waals surface area contributed by atoms with Crippen molar-refractivity contribution in [1.82, 2.24) is 10.2 Å². The van der Waals surface area contributed by atoms with Crippen LogP contribution in [0.2, 0.25) is 0 Å². The van der Waals surface area contributed by atoms with E-state index in [1.54, 1.807) is 19.2 Å². The average molecular weight is 353 g/mol. The fourth-order valence-corrected chi connectivity index (χ4v) is 3.06. The standard InChI is InChI=1S/C19H23N5O2/c1-20-19(21-15-16-7-9-18(10-8-16)24(25)26)23-13-11-22(12-14-23)17-5-3-2-4-6-17/h2-10H,11-15H2,1H3,(H,20,21). The highest BCUT2D eigenvalue weighted by molar-refractivity contribution is 5.80. The van der Waals surface area contributed by atoms with Crippen LogP contribution in [0.5, 0.6) is 0 Å². The highest BCUT2D eigenvalue weighted by atomic mass is 16.6. The molecule has 136 valence electrons. The maximum absolute atomic E-state index is 10.7. The Hall–Kier alpha value is -3.09. The highest BCUT2D eigenvalue weighted by Gasteiger charge is 2.19. The van der Waals surface area contributed by atoms with Gasteiger partial charge in [0.2, 0.25) is 0 Å². The molecule has 1 fully saturated rings. The summed E-state index contributed by atoms with van der Waals surface area (Å²) in [4.78, 5) is 19.3. The van der Waals surface area contributed by atoms with Gasteiger partial charge in [0.1, 0.15) is 0 Å². The third-order valence-corrected chi connectivity index (χ3v) is 4.51. The summed E-state index contributed by atoms with van der Waals surface area (Å²) in [5, 5.41) is 14.1. The molecular formula is C19H23N5O2. The van der Waals surface area contributed by atoms with E-state index in [1.165, 1.54) is 17.8 Å². The topological polar surface area (TPSA) is 74.0 Å². The van der Waals surface area contributed by atoms with Crippen molar-refractivity contribution in [1.29, 1.82) is 0 Å². The van der Waals surface area contributed by atoms with Crippen LogP contribution in [0.25, 0.3) is 0 Å². The van der Waals surface area contributed by atoms with Crippen LogP contribution in [0.3, 0.4) is 0 Å². The molecule has 1 aliphatic heterocycles. The number of aliphatic imine (C=N–C) groups is 1. The lowest BCUT2D eigenvalue weighted by Gasteiger charge is -2.37. The normalized spacial score (nSPS) is 15.0. The largest absolute Gasteiger partial charge is 0.368 e. The first-order valence-electron chi connectivity index (χ1n) is 8.66. The molecule has 0 bridgehead atoms. The van der Waals surface area contributed by atoms with Gasteiger partial charge in [0.15, 0.2) is 5.96 Å². The van der Waals surface area contributed by atoms with Crippen molar-refractivity contribution in [2.75, 3.05) is 38.1 Å². The van der Waals surface area contributed by atoms with Gasteiger partial charge in [0.25, 0.3) is 5.69 Å². The van der Waals surface area contributed by atoms with Gasteiger partial charge in [0, 0.05) is 57.6 Å². The van der Waals surface area contributed by atoms with Crippen LogP contribution in [-0.4, -0.2) is 49.0 Å². The number of benzene rings is 2. The summed E-state index contributed by atoms with van der Waals surface area (Å²) in [5.74, 6) is 0.857. The molecule has 1 saturated heterocycles. The van der Waals surface area contributed by atoms with E-state index in [0.717, 1.165) is 37.7 Å². The lowest BCUT2D eigenvalue weighted by atomic mass is 10.2. The summed E-state index contributed by atoms with van der Waals surface area (Å²) >= 11 is 0. The molecule has 0 spiro atoms. The first kappa shape index (κ1) is 17.7. The quantitative estimate of drug-likeness (QED) is 0.396. The summed E-state index contributed by atoms with van der Waals surface area (Å²) in [5.41, 5.74) is 2.34. The molecule has 0 saturated carbocycles. The van der Waals surface area contributed by atoms with Gasteiger partial charge in [-0.05, 0) is 17.7 Å². The van der Waals surface area contributed by atoms with E-state index >= 15 is 0 Å². The first-order chi connectivity index (χ1) is 12.7. The lowest BCUT2D eigenvalue weighted by Crippen LogP contribution is -2.52. The number of hydrogen-bond acceptors (Lipinski definition) is 4. The molecule has 0 radical (unpaired) electrons. The molecule has 0 unspecified atom stereocenters. The molecule has 1 heterocycles. The van der Waals surface area contributed by atoms with Crippen LogP contribution in [0.15, 0.2) is 59.6 Å². The van der Waals surface area contributed by atoms with E-state index in [1.807, 2.05) is 6.07 Å². The van der Waals surface area contributed by atoms with E-state index in [-0.39, 0.29) is 10.6 Å². The molecule has 0 amide bonds. The fraction of sp³-hybridized carbons (Fsp3) is 0.316. The maximum Gasteiger partial charge on any atom is 0.269 e. The summed E-state index contributed by atoms with van der Waals surface area (Å²) < 4.78 is 0. The Morgan fingerprint density at radius 2 is 1.73 bits per heavy atom. The van der Waals surface area contributed by atoms with Gasteiger partial charge >= 0.3 is 0 Å². The molecule has 0 aromatic heterocycles. The number of piperazine rings is 1. The molecule has 26 heavy (non-hydrogen) atoms. The zero-order chi connectivity index (χ0) is 18.4. The van der Waals surface area contributed by atoms with Crippen molar-refractivity contribution in [3.8, 4) is 0 Å². The predicted molar refractivity (Wildman–Crippen MR) is 104 cm³/mol. The Morgan fingerprint density at radius 1 is 1.08 bits per heavy atom. The number of para-hydroxylation sites is 1. The number of rotatable bonds is 4. The smallest absolute Gasteiger partial charge is 0.269 e. The minimum absolute atomic E-state index is 0.107. The Kier molecular flexibility index (Phi) is 5.68. The SMILES string of the molecule is CN=C(NCc1ccc([N+](=O)[O-])cc1)N1CCN(c2ccccc2)CC1. The molecule has 0 atom stereocenters. The summed E-state index contributed by atoms with van der Waals surface area (Å²) in [7, 11) is 1.78. The Labute approximate surface area is 153 Å². The number of nitrogens with zero attached hydrogens (tertiary/aromatic N) is 4. The molecule has 3 rings (SSSR count). The van der Waals surface area contributed by atoms with E-state index in [9.17, 15) is 10.1 Å².